The summed E-state index contributed by atoms with van der Waals surface area (Å²) < 4.78 is 0.876. The maximum atomic E-state index is 7.61. The van der Waals surface area contributed by atoms with Crippen molar-refractivity contribution in [1.29, 1.82) is 5.41 Å². The Labute approximate surface area is 105 Å². The molecule has 16 heavy (non-hydrogen) atoms. The Balaban J connectivity index is 3.02. The monoisotopic (exact) mass is 283 g/mol. The second-order valence-electron chi connectivity index (χ2n) is 3.82. The number of nitrogens with two attached hydrogens (primary N) is 1. The summed E-state index contributed by atoms with van der Waals surface area (Å²) in [4.78, 5) is 2.14. The first-order chi connectivity index (χ1) is 7.57. The third-order valence-electron chi connectivity index (χ3n) is 2.52. The molecule has 0 fully saturated rings. The van der Waals surface area contributed by atoms with Gasteiger partial charge in [-0.15, -0.1) is 0 Å². The summed E-state index contributed by atoms with van der Waals surface area (Å²) in [6, 6.07) is 5.87. The third kappa shape index (κ3) is 2.98. The number of nitrogen functional groups attached to an aromatic ring is 1. The summed E-state index contributed by atoms with van der Waals surface area (Å²) in [5.74, 6) is 0.103. The molecule has 0 aromatic heterocycles. The van der Waals surface area contributed by atoms with Crippen LogP contribution in [0.5, 0.6) is 0 Å². The van der Waals surface area contributed by atoms with E-state index in [2.05, 4.69) is 27.8 Å². The van der Waals surface area contributed by atoms with Gasteiger partial charge < -0.3 is 10.6 Å². The Kier molecular flexibility index (Phi) is 4.80. The number of hydrogen-bond acceptors (Lipinski definition) is 2. The lowest BCUT2D eigenvalue weighted by atomic mass is 10.1. The number of nitrogens with zero attached hydrogens (tertiary/aromatic N) is 1. The van der Waals surface area contributed by atoms with Crippen LogP contribution in [-0.2, 0) is 0 Å². The second-order valence-corrected chi connectivity index (χ2v) is 4.68. The van der Waals surface area contributed by atoms with Crippen molar-refractivity contribution in [2.24, 2.45) is 5.73 Å². The molecule has 0 aliphatic heterocycles. The highest BCUT2D eigenvalue weighted by Gasteiger charge is 2.12. The molecule has 0 unspecified atom stereocenters. The predicted octanol–water partition coefficient (Wildman–Crippen LogP) is 2.97. The van der Waals surface area contributed by atoms with Crippen LogP contribution in [-0.4, -0.2) is 19.4 Å². The molecule has 0 amide bonds. The number of halogens is 1. The summed E-state index contributed by atoms with van der Waals surface area (Å²) in [6.07, 6.45) is 2.30. The minimum atomic E-state index is 0.103. The van der Waals surface area contributed by atoms with Gasteiger partial charge in [-0.25, -0.2) is 0 Å². The summed E-state index contributed by atoms with van der Waals surface area (Å²) >= 11 is 3.44. The zero-order valence-electron chi connectivity index (χ0n) is 9.76. The normalized spacial score (nSPS) is 10.2. The van der Waals surface area contributed by atoms with Crippen molar-refractivity contribution in [3.05, 3.63) is 28.2 Å². The van der Waals surface area contributed by atoms with Gasteiger partial charge in [0.1, 0.15) is 5.84 Å². The molecule has 4 heteroatoms. The maximum absolute atomic E-state index is 7.61. The highest BCUT2D eigenvalue weighted by Crippen LogP contribution is 2.26. The van der Waals surface area contributed by atoms with Gasteiger partial charge in [0.2, 0.25) is 0 Å². The van der Waals surface area contributed by atoms with E-state index < -0.39 is 0 Å². The Bertz CT molecular complexity index is 377. The predicted molar refractivity (Wildman–Crippen MR) is 73.3 cm³/mol. The number of rotatable bonds is 5. The van der Waals surface area contributed by atoms with Crippen molar-refractivity contribution in [1.82, 2.24) is 0 Å². The molecule has 0 bridgehead atoms. The molecule has 0 aliphatic rings. The minimum absolute atomic E-state index is 0.103. The molecule has 0 spiro atoms. The van der Waals surface area contributed by atoms with Gasteiger partial charge in [0.15, 0.2) is 0 Å². The van der Waals surface area contributed by atoms with Gasteiger partial charge in [-0.3, -0.25) is 5.41 Å². The fourth-order valence-corrected chi connectivity index (χ4v) is 2.18. The highest BCUT2D eigenvalue weighted by atomic mass is 79.9. The average molecular weight is 284 g/mol. The van der Waals surface area contributed by atoms with Crippen molar-refractivity contribution in [3.8, 4) is 0 Å². The van der Waals surface area contributed by atoms with Crippen LogP contribution in [0.25, 0.3) is 0 Å². The van der Waals surface area contributed by atoms with Crippen LogP contribution in [0.1, 0.15) is 25.3 Å². The third-order valence-corrected chi connectivity index (χ3v) is 3.18. The van der Waals surface area contributed by atoms with Crippen molar-refractivity contribution < 1.29 is 0 Å². The fourth-order valence-electron chi connectivity index (χ4n) is 1.61. The lowest BCUT2D eigenvalue weighted by Gasteiger charge is -2.22. The number of anilines is 1. The quantitative estimate of drug-likeness (QED) is 0.645. The number of nitrogens with one attached hydrogen (secondary N) is 1. The number of hydrogen-bond donors (Lipinski definition) is 2. The van der Waals surface area contributed by atoms with E-state index in [1.807, 2.05) is 25.2 Å². The fraction of sp³-hybridized carbons (Fsp3) is 0.417. The van der Waals surface area contributed by atoms with Crippen LogP contribution < -0.4 is 10.6 Å². The van der Waals surface area contributed by atoms with Crippen LogP contribution in [0.15, 0.2) is 22.7 Å². The Morgan fingerprint density at radius 3 is 2.75 bits per heavy atom. The topological polar surface area (TPSA) is 53.1 Å². The van der Waals surface area contributed by atoms with E-state index >= 15 is 0 Å². The highest BCUT2D eigenvalue weighted by molar-refractivity contribution is 9.10. The van der Waals surface area contributed by atoms with Gasteiger partial charge in [0.25, 0.3) is 0 Å². The molecule has 88 valence electrons. The lowest BCUT2D eigenvalue weighted by Crippen LogP contribution is -2.23. The van der Waals surface area contributed by atoms with Crippen molar-refractivity contribution in [2.45, 2.75) is 19.8 Å². The van der Waals surface area contributed by atoms with Gasteiger partial charge in [-0.2, -0.15) is 0 Å². The summed E-state index contributed by atoms with van der Waals surface area (Å²) in [6.45, 7) is 3.15. The molecular formula is C12H18BrN3. The van der Waals surface area contributed by atoms with Gasteiger partial charge in [-0.1, -0.05) is 19.4 Å². The van der Waals surface area contributed by atoms with E-state index in [0.717, 1.165) is 35.1 Å². The number of amidine groups is 1. The van der Waals surface area contributed by atoms with Crippen molar-refractivity contribution >= 4 is 27.5 Å². The van der Waals surface area contributed by atoms with Gasteiger partial charge in [0, 0.05) is 23.8 Å². The van der Waals surface area contributed by atoms with E-state index in [-0.39, 0.29) is 5.84 Å². The molecule has 0 saturated carbocycles. The van der Waals surface area contributed by atoms with Gasteiger partial charge in [-0.05, 0) is 34.5 Å². The van der Waals surface area contributed by atoms with Crippen LogP contribution >= 0.6 is 15.9 Å². The van der Waals surface area contributed by atoms with Gasteiger partial charge >= 0.3 is 0 Å². The molecule has 0 aliphatic carbocycles. The molecule has 0 radical (unpaired) electrons. The molecule has 1 aromatic rings. The number of benzene rings is 1. The average Bonchev–Trinajstić information content (AvgIpc) is 2.24. The maximum Gasteiger partial charge on any atom is 0.126 e. The Morgan fingerprint density at radius 2 is 2.19 bits per heavy atom. The van der Waals surface area contributed by atoms with E-state index in [0.29, 0.717) is 0 Å². The van der Waals surface area contributed by atoms with E-state index in [1.54, 1.807) is 0 Å². The molecule has 3 N–H and O–H groups in total. The summed E-state index contributed by atoms with van der Waals surface area (Å²) in [7, 11) is 2.03. The van der Waals surface area contributed by atoms with Crippen molar-refractivity contribution in [3.63, 3.8) is 0 Å². The first-order valence-corrected chi connectivity index (χ1v) is 6.21. The SMILES string of the molecule is CCCCN(C)c1cccc(Br)c1C(=N)N. The first-order valence-electron chi connectivity index (χ1n) is 5.42. The van der Waals surface area contributed by atoms with Crippen LogP contribution in [0, 0.1) is 5.41 Å². The van der Waals surface area contributed by atoms with Gasteiger partial charge in [0.05, 0.1) is 5.56 Å². The zero-order chi connectivity index (χ0) is 12.1. The smallest absolute Gasteiger partial charge is 0.126 e. The molecule has 1 aromatic carbocycles. The summed E-state index contributed by atoms with van der Waals surface area (Å²) in [5, 5.41) is 7.61. The molecule has 3 nitrogen and oxygen atoms in total. The minimum Gasteiger partial charge on any atom is -0.384 e. The molecule has 0 heterocycles. The lowest BCUT2D eigenvalue weighted by molar-refractivity contribution is 0.766. The standard InChI is InChI=1S/C12H18BrN3/c1-3-4-8-16(2)10-7-5-6-9(13)11(10)12(14)15/h5-7H,3-4,8H2,1-2H3,(H3,14,15). The zero-order valence-corrected chi connectivity index (χ0v) is 11.3. The van der Waals surface area contributed by atoms with Crippen molar-refractivity contribution in [2.75, 3.05) is 18.5 Å². The van der Waals surface area contributed by atoms with Crippen LogP contribution in [0.2, 0.25) is 0 Å². The van der Waals surface area contributed by atoms with Crippen LogP contribution in [0.4, 0.5) is 5.69 Å². The Morgan fingerprint density at radius 1 is 1.50 bits per heavy atom. The van der Waals surface area contributed by atoms with E-state index in [9.17, 15) is 0 Å². The largest absolute Gasteiger partial charge is 0.384 e. The Hall–Kier alpha value is -1.03. The second kappa shape index (κ2) is 5.89. The van der Waals surface area contributed by atoms with E-state index in [1.165, 1.54) is 0 Å². The molecule has 1 rings (SSSR count). The molecular weight excluding hydrogens is 266 g/mol. The number of unbranched alkanes of at least 4 members (excludes halogenated alkanes) is 1. The molecule has 0 saturated heterocycles. The van der Waals surface area contributed by atoms with Crippen LogP contribution in [0.3, 0.4) is 0 Å². The molecule has 0 atom stereocenters. The first kappa shape index (κ1) is 13.0. The van der Waals surface area contributed by atoms with E-state index in [4.69, 9.17) is 11.1 Å². The summed E-state index contributed by atoms with van der Waals surface area (Å²) in [5.41, 5.74) is 7.40.